The van der Waals surface area contributed by atoms with Crippen LogP contribution in [0.3, 0.4) is 0 Å². The average Bonchev–Trinajstić information content (AvgIpc) is 1.63. The largest absolute Gasteiger partial charge is 0.328 e. The van der Waals surface area contributed by atoms with Gasteiger partial charge in [-0.15, -0.1) is 0 Å². The van der Waals surface area contributed by atoms with Gasteiger partial charge in [-0.1, -0.05) is 6.92 Å². The number of hydrogen-bond acceptors (Lipinski definition) is 3. The summed E-state index contributed by atoms with van der Waals surface area (Å²) in [5, 5.41) is 0. The molecule has 0 saturated carbocycles. The van der Waals surface area contributed by atoms with Crippen molar-refractivity contribution in [2.75, 3.05) is 0 Å². The Morgan fingerprint density at radius 3 is 2.00 bits per heavy atom. The zero-order valence-corrected chi connectivity index (χ0v) is 6.85. The van der Waals surface area contributed by atoms with Gasteiger partial charge in [0.2, 0.25) is 0 Å². The Hall–Kier alpha value is 0.310. The molecule has 0 atom stereocenters. The second-order valence-corrected chi connectivity index (χ2v) is 3.15. The molecule has 0 unspecified atom stereocenters. The van der Waals surface area contributed by atoms with Crippen molar-refractivity contribution in [2.45, 2.75) is 32.8 Å². The first-order valence-electron chi connectivity index (χ1n) is 2.85. The lowest BCUT2D eigenvalue weighted by Gasteiger charge is -2.22. The summed E-state index contributed by atoms with van der Waals surface area (Å²) >= 11 is 0. The van der Waals surface area contributed by atoms with Gasteiger partial charge in [-0.05, 0) is 20.3 Å². The van der Waals surface area contributed by atoms with Crippen LogP contribution in [0.25, 0.3) is 0 Å². The molecular formula is C5H13O3P. The van der Waals surface area contributed by atoms with Crippen LogP contribution >= 0.6 is 8.60 Å². The molecule has 0 aromatic rings. The standard InChI is InChI=1S/C5H13O3P/c1-4-5(2,3)8-9(6)7/h6-7H,4H2,1-3H3. The third-order valence-electron chi connectivity index (χ3n) is 1.18. The quantitative estimate of drug-likeness (QED) is 0.601. The molecule has 0 aromatic heterocycles. The average molecular weight is 152 g/mol. The fraction of sp³-hybridized carbons (Fsp3) is 1.00. The summed E-state index contributed by atoms with van der Waals surface area (Å²) in [5.41, 5.74) is -0.408. The van der Waals surface area contributed by atoms with Crippen LogP contribution in [0.5, 0.6) is 0 Å². The fourth-order valence-electron chi connectivity index (χ4n) is 0.286. The Morgan fingerprint density at radius 1 is 1.44 bits per heavy atom. The summed E-state index contributed by atoms with van der Waals surface area (Å²) in [7, 11) is -2.19. The number of hydrogen-bond donors (Lipinski definition) is 2. The lowest BCUT2D eigenvalue weighted by molar-refractivity contribution is 0.0869. The van der Waals surface area contributed by atoms with Gasteiger partial charge in [0.1, 0.15) is 0 Å². The topological polar surface area (TPSA) is 49.7 Å². The summed E-state index contributed by atoms with van der Waals surface area (Å²) in [4.78, 5) is 16.8. The Kier molecular flexibility index (Phi) is 3.59. The molecular weight excluding hydrogens is 139 g/mol. The lowest BCUT2D eigenvalue weighted by atomic mass is 10.1. The molecule has 0 bridgehead atoms. The third-order valence-corrected chi connectivity index (χ3v) is 1.84. The Labute approximate surface area is 56.7 Å². The fourth-order valence-corrected chi connectivity index (χ4v) is 0.857. The SMILES string of the molecule is CCC(C)(C)OP(O)O. The predicted octanol–water partition coefficient (Wildman–Crippen LogP) is 1.40. The molecule has 0 rings (SSSR count). The molecule has 0 aliphatic rings. The van der Waals surface area contributed by atoms with Gasteiger partial charge in [-0.3, -0.25) is 0 Å². The van der Waals surface area contributed by atoms with Crippen LogP contribution in [-0.2, 0) is 4.52 Å². The molecule has 4 heteroatoms. The summed E-state index contributed by atoms with van der Waals surface area (Å²) in [6.45, 7) is 5.56. The zero-order valence-electron chi connectivity index (χ0n) is 5.96. The van der Waals surface area contributed by atoms with Gasteiger partial charge < -0.3 is 14.3 Å². The first-order valence-corrected chi connectivity index (χ1v) is 4.01. The van der Waals surface area contributed by atoms with Crippen LogP contribution in [0.1, 0.15) is 27.2 Å². The van der Waals surface area contributed by atoms with Crippen LogP contribution in [0.4, 0.5) is 0 Å². The molecule has 3 nitrogen and oxygen atoms in total. The Balaban J connectivity index is 3.58. The van der Waals surface area contributed by atoms with Gasteiger partial charge in [0, 0.05) is 0 Å². The van der Waals surface area contributed by atoms with E-state index in [1.165, 1.54) is 0 Å². The molecule has 0 amide bonds. The van der Waals surface area contributed by atoms with Crippen LogP contribution in [0, 0.1) is 0 Å². The molecule has 56 valence electrons. The Morgan fingerprint density at radius 2 is 1.89 bits per heavy atom. The van der Waals surface area contributed by atoms with Crippen molar-refractivity contribution >= 4 is 8.60 Å². The van der Waals surface area contributed by atoms with E-state index < -0.39 is 14.2 Å². The second kappa shape index (κ2) is 3.47. The van der Waals surface area contributed by atoms with Crippen LogP contribution in [-0.4, -0.2) is 15.4 Å². The van der Waals surface area contributed by atoms with Gasteiger partial charge in [0.05, 0.1) is 5.60 Å². The molecule has 0 spiro atoms. The second-order valence-electron chi connectivity index (χ2n) is 2.46. The minimum atomic E-state index is -2.19. The van der Waals surface area contributed by atoms with Gasteiger partial charge in [0.15, 0.2) is 0 Å². The first kappa shape index (κ1) is 9.31. The van der Waals surface area contributed by atoms with Crippen LogP contribution in [0.2, 0.25) is 0 Å². The molecule has 0 aliphatic carbocycles. The van der Waals surface area contributed by atoms with E-state index in [1.807, 2.05) is 20.8 Å². The highest BCUT2D eigenvalue weighted by molar-refractivity contribution is 7.39. The van der Waals surface area contributed by atoms with Gasteiger partial charge in [-0.2, -0.15) is 0 Å². The maximum atomic E-state index is 8.42. The van der Waals surface area contributed by atoms with Crippen LogP contribution in [0.15, 0.2) is 0 Å². The van der Waals surface area contributed by atoms with Crippen molar-refractivity contribution in [3.05, 3.63) is 0 Å². The van der Waals surface area contributed by atoms with E-state index in [2.05, 4.69) is 0 Å². The lowest BCUT2D eigenvalue weighted by Crippen LogP contribution is -2.19. The first-order chi connectivity index (χ1) is 3.98. The van der Waals surface area contributed by atoms with E-state index in [1.54, 1.807) is 0 Å². The number of rotatable bonds is 3. The maximum absolute atomic E-state index is 8.42. The van der Waals surface area contributed by atoms with E-state index in [4.69, 9.17) is 14.3 Å². The van der Waals surface area contributed by atoms with Crippen LogP contribution < -0.4 is 0 Å². The molecule has 0 aliphatic heterocycles. The smallest absolute Gasteiger partial charge is 0.327 e. The van der Waals surface area contributed by atoms with Crippen molar-refractivity contribution in [2.24, 2.45) is 0 Å². The summed E-state index contributed by atoms with van der Waals surface area (Å²) in [6.07, 6.45) is 0.771. The molecule has 0 saturated heterocycles. The monoisotopic (exact) mass is 152 g/mol. The minimum absolute atomic E-state index is 0.408. The van der Waals surface area contributed by atoms with E-state index in [9.17, 15) is 0 Å². The highest BCUT2D eigenvalue weighted by atomic mass is 31.2. The van der Waals surface area contributed by atoms with Crippen molar-refractivity contribution < 1.29 is 14.3 Å². The van der Waals surface area contributed by atoms with E-state index in [-0.39, 0.29) is 0 Å². The van der Waals surface area contributed by atoms with Gasteiger partial charge in [-0.25, -0.2) is 0 Å². The van der Waals surface area contributed by atoms with Gasteiger partial charge in [0.25, 0.3) is 0 Å². The molecule has 0 heterocycles. The highest BCUT2D eigenvalue weighted by Crippen LogP contribution is 2.33. The molecule has 0 radical (unpaired) electrons. The maximum Gasteiger partial charge on any atom is 0.327 e. The van der Waals surface area contributed by atoms with Crippen molar-refractivity contribution in [3.8, 4) is 0 Å². The van der Waals surface area contributed by atoms with Crippen molar-refractivity contribution in [3.63, 3.8) is 0 Å². The summed E-state index contributed by atoms with van der Waals surface area (Å²) in [6, 6.07) is 0. The highest BCUT2D eigenvalue weighted by Gasteiger charge is 2.19. The van der Waals surface area contributed by atoms with Crippen molar-refractivity contribution in [1.82, 2.24) is 0 Å². The zero-order chi connectivity index (χ0) is 7.49. The normalized spacial score (nSPS) is 12.7. The summed E-state index contributed by atoms with van der Waals surface area (Å²) < 4.78 is 4.76. The van der Waals surface area contributed by atoms with Crippen molar-refractivity contribution in [1.29, 1.82) is 0 Å². The molecule has 0 fully saturated rings. The predicted molar refractivity (Wildman–Crippen MR) is 36.8 cm³/mol. The van der Waals surface area contributed by atoms with E-state index >= 15 is 0 Å². The summed E-state index contributed by atoms with van der Waals surface area (Å²) in [5.74, 6) is 0. The molecule has 0 aromatic carbocycles. The molecule has 2 N–H and O–H groups in total. The minimum Gasteiger partial charge on any atom is -0.328 e. The van der Waals surface area contributed by atoms with E-state index in [0.717, 1.165) is 6.42 Å². The third kappa shape index (κ3) is 4.79. The molecule has 9 heavy (non-hydrogen) atoms. The van der Waals surface area contributed by atoms with Gasteiger partial charge >= 0.3 is 8.60 Å². The Bertz CT molecular complexity index is 82.3. The van der Waals surface area contributed by atoms with E-state index in [0.29, 0.717) is 0 Å².